The number of hydrogen-bond donors (Lipinski definition) is 1. The molecule has 4 heteroatoms. The molecular formula is C5H11O3S. The monoisotopic (exact) mass is 151 g/mol. The molecule has 0 aromatic rings. The van der Waals surface area contributed by atoms with Crippen molar-refractivity contribution in [3.8, 4) is 0 Å². The van der Waals surface area contributed by atoms with Crippen molar-refractivity contribution in [2.75, 3.05) is 11.5 Å². The topological polar surface area (TPSA) is 54.4 Å². The molecule has 0 fully saturated rings. The predicted octanol–water partition coefficient (Wildman–Crippen LogP) is 0.345. The molecule has 3 nitrogen and oxygen atoms in total. The average Bonchev–Trinajstić information content (AvgIpc) is 1.84. The first kappa shape index (κ1) is 8.91. The van der Waals surface area contributed by atoms with E-state index in [1.54, 1.807) is 6.92 Å². The van der Waals surface area contributed by atoms with Crippen molar-refractivity contribution >= 4 is 9.84 Å². The minimum Gasteiger partial charge on any atom is -0.390 e. The molecule has 1 radical (unpaired) electrons. The molecule has 0 saturated carbocycles. The van der Waals surface area contributed by atoms with Gasteiger partial charge in [-0.05, 0) is 6.42 Å². The standard InChI is InChI=1S/C5H11O3S/c1-2-9(7,8)5-3-4-6/h4,6H,2-3,5H2,1H3. The van der Waals surface area contributed by atoms with Gasteiger partial charge in [0, 0.05) is 5.75 Å². The van der Waals surface area contributed by atoms with Gasteiger partial charge < -0.3 is 5.11 Å². The Morgan fingerprint density at radius 3 is 2.44 bits per heavy atom. The maximum atomic E-state index is 10.6. The molecular weight excluding hydrogens is 140 g/mol. The second-order valence-electron chi connectivity index (χ2n) is 1.71. The van der Waals surface area contributed by atoms with E-state index in [0.717, 1.165) is 6.61 Å². The fourth-order valence-corrected chi connectivity index (χ4v) is 1.13. The van der Waals surface area contributed by atoms with Crippen LogP contribution in [0.25, 0.3) is 0 Å². The highest BCUT2D eigenvalue weighted by atomic mass is 32.2. The van der Waals surface area contributed by atoms with E-state index < -0.39 is 9.84 Å². The third kappa shape index (κ3) is 4.42. The third-order valence-electron chi connectivity index (χ3n) is 0.998. The maximum Gasteiger partial charge on any atom is 0.150 e. The Morgan fingerprint density at radius 1 is 1.56 bits per heavy atom. The van der Waals surface area contributed by atoms with Gasteiger partial charge in [0.2, 0.25) is 0 Å². The van der Waals surface area contributed by atoms with Gasteiger partial charge in [0.05, 0.1) is 12.4 Å². The Hall–Kier alpha value is -0.0900. The lowest BCUT2D eigenvalue weighted by molar-refractivity contribution is 0.381. The summed E-state index contributed by atoms with van der Waals surface area (Å²) in [5, 5.41) is 8.14. The van der Waals surface area contributed by atoms with Gasteiger partial charge in [-0.25, -0.2) is 8.42 Å². The molecule has 1 N–H and O–H groups in total. The van der Waals surface area contributed by atoms with Crippen LogP contribution < -0.4 is 0 Å². The Labute approximate surface area is 55.6 Å². The molecule has 0 rings (SSSR count). The highest BCUT2D eigenvalue weighted by Gasteiger charge is 2.04. The van der Waals surface area contributed by atoms with E-state index in [9.17, 15) is 8.42 Å². The Balaban J connectivity index is 3.61. The third-order valence-corrected chi connectivity index (χ3v) is 2.74. The van der Waals surface area contributed by atoms with E-state index in [4.69, 9.17) is 5.11 Å². The van der Waals surface area contributed by atoms with Crippen LogP contribution in [0.15, 0.2) is 0 Å². The van der Waals surface area contributed by atoms with Crippen LogP contribution in [0.1, 0.15) is 13.3 Å². The van der Waals surface area contributed by atoms with Crippen molar-refractivity contribution in [1.29, 1.82) is 0 Å². The molecule has 0 amide bonds. The molecule has 0 heterocycles. The first-order chi connectivity index (χ1) is 4.12. The summed E-state index contributed by atoms with van der Waals surface area (Å²) in [5.74, 6) is 0.209. The van der Waals surface area contributed by atoms with E-state index >= 15 is 0 Å². The summed E-state index contributed by atoms with van der Waals surface area (Å²) in [4.78, 5) is 0. The lowest BCUT2D eigenvalue weighted by atomic mass is 10.5. The van der Waals surface area contributed by atoms with Gasteiger partial charge in [0.1, 0.15) is 9.84 Å². The van der Waals surface area contributed by atoms with Crippen LogP contribution in [-0.4, -0.2) is 25.0 Å². The van der Waals surface area contributed by atoms with E-state index in [1.165, 1.54) is 0 Å². The summed E-state index contributed by atoms with van der Waals surface area (Å²) < 4.78 is 21.3. The van der Waals surface area contributed by atoms with E-state index in [1.807, 2.05) is 0 Å². The zero-order valence-electron chi connectivity index (χ0n) is 5.37. The second-order valence-corrected chi connectivity index (χ2v) is 4.18. The molecule has 0 bridgehead atoms. The molecule has 0 unspecified atom stereocenters. The smallest absolute Gasteiger partial charge is 0.150 e. The van der Waals surface area contributed by atoms with E-state index in [0.29, 0.717) is 0 Å². The summed E-state index contributed by atoms with van der Waals surface area (Å²) in [6.07, 6.45) is 0.232. The summed E-state index contributed by atoms with van der Waals surface area (Å²) in [6.45, 7) is 2.46. The number of rotatable bonds is 4. The van der Waals surface area contributed by atoms with Crippen LogP contribution in [0.2, 0.25) is 0 Å². The normalized spacial score (nSPS) is 11.8. The maximum absolute atomic E-state index is 10.6. The largest absolute Gasteiger partial charge is 0.390 e. The van der Waals surface area contributed by atoms with Gasteiger partial charge in [-0.2, -0.15) is 0 Å². The average molecular weight is 151 g/mol. The quantitative estimate of drug-likeness (QED) is 0.630. The molecule has 0 atom stereocenters. The number of aliphatic hydroxyl groups is 1. The van der Waals surface area contributed by atoms with Gasteiger partial charge in [-0.15, -0.1) is 0 Å². The fourth-order valence-electron chi connectivity index (χ4n) is 0.377. The second kappa shape index (κ2) is 3.85. The number of sulfone groups is 1. The molecule has 0 aromatic carbocycles. The van der Waals surface area contributed by atoms with Crippen LogP contribution in [0, 0.1) is 6.61 Å². The van der Waals surface area contributed by atoms with E-state index in [2.05, 4.69) is 0 Å². The van der Waals surface area contributed by atoms with Crippen molar-refractivity contribution in [3.05, 3.63) is 6.61 Å². The van der Waals surface area contributed by atoms with Gasteiger partial charge >= 0.3 is 0 Å². The molecule has 0 saturated heterocycles. The fraction of sp³-hybridized carbons (Fsp3) is 0.800. The molecule has 9 heavy (non-hydrogen) atoms. The van der Waals surface area contributed by atoms with Crippen molar-refractivity contribution in [2.45, 2.75) is 13.3 Å². The minimum absolute atomic E-state index is 0.0556. The van der Waals surface area contributed by atoms with Crippen LogP contribution in [0.4, 0.5) is 0 Å². The number of hydrogen-bond acceptors (Lipinski definition) is 3. The summed E-state index contributed by atoms with van der Waals surface area (Å²) in [6, 6.07) is 0. The summed E-state index contributed by atoms with van der Waals surface area (Å²) in [5.41, 5.74) is 0. The summed E-state index contributed by atoms with van der Waals surface area (Å²) in [7, 11) is -2.87. The number of aliphatic hydroxyl groups excluding tert-OH is 1. The predicted molar refractivity (Wildman–Crippen MR) is 35.2 cm³/mol. The Kier molecular flexibility index (Phi) is 3.81. The van der Waals surface area contributed by atoms with Crippen LogP contribution >= 0.6 is 0 Å². The van der Waals surface area contributed by atoms with Crippen LogP contribution in [0.5, 0.6) is 0 Å². The first-order valence-electron chi connectivity index (χ1n) is 2.78. The molecule has 0 spiro atoms. The molecule has 0 aromatic heterocycles. The van der Waals surface area contributed by atoms with Crippen LogP contribution in [0.3, 0.4) is 0 Å². The molecule has 0 aliphatic carbocycles. The molecule has 0 aliphatic rings. The lowest BCUT2D eigenvalue weighted by Crippen LogP contribution is -2.08. The molecule has 0 aliphatic heterocycles. The van der Waals surface area contributed by atoms with Gasteiger partial charge in [-0.1, -0.05) is 6.92 Å². The summed E-state index contributed by atoms with van der Waals surface area (Å²) >= 11 is 0. The van der Waals surface area contributed by atoms with Crippen molar-refractivity contribution in [1.82, 2.24) is 0 Å². The van der Waals surface area contributed by atoms with Crippen molar-refractivity contribution in [3.63, 3.8) is 0 Å². The van der Waals surface area contributed by atoms with Crippen molar-refractivity contribution < 1.29 is 13.5 Å². The zero-order valence-corrected chi connectivity index (χ0v) is 6.19. The van der Waals surface area contributed by atoms with Gasteiger partial charge in [0.15, 0.2) is 0 Å². The molecule has 55 valence electrons. The SMILES string of the molecule is CCS(=O)(=O)CC[CH]O. The highest BCUT2D eigenvalue weighted by Crippen LogP contribution is 1.93. The van der Waals surface area contributed by atoms with Gasteiger partial charge in [0.25, 0.3) is 0 Å². The minimum atomic E-state index is -2.87. The van der Waals surface area contributed by atoms with E-state index in [-0.39, 0.29) is 17.9 Å². The first-order valence-corrected chi connectivity index (χ1v) is 4.61. The Morgan fingerprint density at radius 2 is 2.11 bits per heavy atom. The van der Waals surface area contributed by atoms with Crippen molar-refractivity contribution in [2.24, 2.45) is 0 Å². The highest BCUT2D eigenvalue weighted by molar-refractivity contribution is 7.91. The zero-order chi connectivity index (χ0) is 7.33. The lowest BCUT2D eigenvalue weighted by Gasteiger charge is -1.95. The van der Waals surface area contributed by atoms with Gasteiger partial charge in [-0.3, -0.25) is 0 Å². The Bertz CT molecular complexity index is 148. The van der Waals surface area contributed by atoms with Crippen LogP contribution in [-0.2, 0) is 9.84 Å².